The van der Waals surface area contributed by atoms with Gasteiger partial charge < -0.3 is 34.5 Å². The molecule has 2 aromatic rings. The van der Waals surface area contributed by atoms with Crippen molar-refractivity contribution in [1.29, 1.82) is 0 Å². The first-order chi connectivity index (χ1) is 17.9. The smallest absolute Gasteiger partial charge is 0.480 e. The fourth-order valence-corrected chi connectivity index (χ4v) is 3.52. The molecule has 3 atom stereocenters. The molecule has 0 saturated carbocycles. The summed E-state index contributed by atoms with van der Waals surface area (Å²) < 4.78 is 25.8. The molecule has 0 heterocycles. The molecule has 0 fully saturated rings. The largest absolute Gasteiger partial charge is 0.514 e. The molecule has 2 aromatic carbocycles. The van der Waals surface area contributed by atoms with Gasteiger partial charge in [-0.25, -0.2) is 14.4 Å². The van der Waals surface area contributed by atoms with Gasteiger partial charge in [0.15, 0.2) is 11.5 Å². The zero-order valence-corrected chi connectivity index (χ0v) is 23.1. The maximum absolute atomic E-state index is 12.4. The molecule has 0 aromatic heterocycles. The fourth-order valence-electron chi connectivity index (χ4n) is 3.52. The van der Waals surface area contributed by atoms with E-state index in [0.29, 0.717) is 11.1 Å². The summed E-state index contributed by atoms with van der Waals surface area (Å²) in [6.45, 7) is 8.02. The third kappa shape index (κ3) is 10.5. The summed E-state index contributed by atoms with van der Waals surface area (Å²) in [5.41, 5.74) is 6.70. The molecule has 0 bridgehead atoms. The van der Waals surface area contributed by atoms with Gasteiger partial charge in [0, 0.05) is 5.92 Å². The van der Waals surface area contributed by atoms with Crippen molar-refractivity contribution in [2.75, 3.05) is 6.61 Å². The van der Waals surface area contributed by atoms with Crippen molar-refractivity contribution in [1.82, 2.24) is 0 Å². The van der Waals surface area contributed by atoms with E-state index in [2.05, 4.69) is 0 Å². The van der Waals surface area contributed by atoms with Crippen LogP contribution in [-0.2, 0) is 19.0 Å². The topological polar surface area (TPSA) is 161 Å². The Morgan fingerprint density at radius 2 is 1.36 bits per heavy atom. The molecule has 0 radical (unpaired) electrons. The Hall–Kier alpha value is -3.83. The van der Waals surface area contributed by atoms with Crippen LogP contribution in [0.4, 0.5) is 9.59 Å². The fraction of sp³-hybridized carbons (Fsp3) is 0.407. The Labute approximate surface area is 232 Å². The first kappa shape index (κ1) is 33.2. The van der Waals surface area contributed by atoms with Gasteiger partial charge in [0.2, 0.25) is 0 Å². The van der Waals surface area contributed by atoms with Crippen molar-refractivity contribution in [2.24, 2.45) is 11.7 Å². The van der Waals surface area contributed by atoms with Gasteiger partial charge in [0.05, 0.1) is 24.4 Å². The Morgan fingerprint density at radius 3 is 1.87 bits per heavy atom. The Kier molecular flexibility index (Phi) is 13.2. The van der Waals surface area contributed by atoms with Gasteiger partial charge in [0.1, 0.15) is 6.04 Å². The summed E-state index contributed by atoms with van der Waals surface area (Å²) in [5, 5.41) is 9.67. The van der Waals surface area contributed by atoms with Gasteiger partial charge in [0.25, 0.3) is 0 Å². The summed E-state index contributed by atoms with van der Waals surface area (Å²) in [6.07, 6.45) is -3.05. The summed E-state index contributed by atoms with van der Waals surface area (Å²) in [7, 11) is 0. The SMILES string of the molecule is CC(C)OC(=O)Oc1ccc(C([C@H](N)C(=O)O)[C@@H](C)COC(=O)c2ccccc2)cc1OC(=O)OC(C)C.Cl. The van der Waals surface area contributed by atoms with E-state index in [0.717, 1.165) is 0 Å². The number of aliphatic carboxylic acids is 1. The summed E-state index contributed by atoms with van der Waals surface area (Å²) in [4.78, 5) is 48.5. The maximum atomic E-state index is 12.4. The third-order valence-corrected chi connectivity index (χ3v) is 5.18. The zero-order valence-electron chi connectivity index (χ0n) is 22.3. The number of hydrogen-bond acceptors (Lipinski definition) is 10. The predicted octanol–water partition coefficient (Wildman–Crippen LogP) is 4.94. The van der Waals surface area contributed by atoms with Crippen molar-refractivity contribution in [3.8, 4) is 11.5 Å². The molecule has 39 heavy (non-hydrogen) atoms. The number of ether oxygens (including phenoxy) is 5. The lowest BCUT2D eigenvalue weighted by atomic mass is 9.82. The number of carbonyl (C=O) groups is 4. The van der Waals surface area contributed by atoms with E-state index < -0.39 is 54.3 Å². The summed E-state index contributed by atoms with van der Waals surface area (Å²) in [5.74, 6) is -3.72. The number of nitrogens with two attached hydrogens (primary N) is 1. The van der Waals surface area contributed by atoms with Crippen LogP contribution in [0.1, 0.15) is 56.5 Å². The molecule has 1 unspecified atom stereocenters. The first-order valence-electron chi connectivity index (χ1n) is 12.0. The van der Waals surface area contributed by atoms with Gasteiger partial charge in [-0.1, -0.05) is 31.2 Å². The molecule has 0 saturated heterocycles. The van der Waals surface area contributed by atoms with Crippen LogP contribution in [-0.4, -0.2) is 54.2 Å². The number of hydrogen-bond donors (Lipinski definition) is 2. The lowest BCUT2D eigenvalue weighted by Gasteiger charge is -2.28. The van der Waals surface area contributed by atoms with Crippen LogP contribution in [0.25, 0.3) is 0 Å². The minimum atomic E-state index is -1.41. The van der Waals surface area contributed by atoms with Crippen LogP contribution < -0.4 is 15.2 Å². The number of halogens is 1. The number of carbonyl (C=O) groups excluding carboxylic acids is 3. The predicted molar refractivity (Wildman–Crippen MR) is 142 cm³/mol. The first-order valence-corrected chi connectivity index (χ1v) is 12.0. The van der Waals surface area contributed by atoms with Crippen LogP contribution in [0.2, 0.25) is 0 Å². The lowest BCUT2D eigenvalue weighted by Crippen LogP contribution is -2.40. The molecular weight excluding hydrogens is 534 g/mol. The van der Waals surface area contributed by atoms with Crippen LogP contribution in [0, 0.1) is 5.92 Å². The number of carboxylic acids is 1. The number of esters is 1. The van der Waals surface area contributed by atoms with Gasteiger partial charge in [-0.3, -0.25) is 4.79 Å². The number of carboxylic acid groups (broad SMARTS) is 1. The van der Waals surface area contributed by atoms with Crippen molar-refractivity contribution >= 4 is 36.7 Å². The van der Waals surface area contributed by atoms with Crippen LogP contribution in [0.3, 0.4) is 0 Å². The molecule has 0 aliphatic rings. The lowest BCUT2D eigenvalue weighted by molar-refractivity contribution is -0.139. The van der Waals surface area contributed by atoms with E-state index in [-0.39, 0.29) is 30.5 Å². The number of rotatable bonds is 11. The Bertz CT molecular complexity index is 1120. The normalized spacial score (nSPS) is 12.9. The van der Waals surface area contributed by atoms with E-state index >= 15 is 0 Å². The van der Waals surface area contributed by atoms with Crippen molar-refractivity contribution in [3.05, 3.63) is 59.7 Å². The molecule has 214 valence electrons. The summed E-state index contributed by atoms with van der Waals surface area (Å²) in [6, 6.07) is 11.0. The van der Waals surface area contributed by atoms with E-state index in [1.54, 1.807) is 65.0 Å². The molecule has 0 aliphatic carbocycles. The highest BCUT2D eigenvalue weighted by Crippen LogP contribution is 2.36. The Morgan fingerprint density at radius 1 is 0.821 bits per heavy atom. The minimum absolute atomic E-state index is 0. The zero-order chi connectivity index (χ0) is 28.4. The van der Waals surface area contributed by atoms with Gasteiger partial charge in [-0.05, 0) is 63.4 Å². The second-order valence-electron chi connectivity index (χ2n) is 9.08. The maximum Gasteiger partial charge on any atom is 0.514 e. The molecule has 2 rings (SSSR count). The van der Waals surface area contributed by atoms with Crippen LogP contribution in [0.5, 0.6) is 11.5 Å². The molecule has 11 nitrogen and oxygen atoms in total. The second kappa shape index (κ2) is 15.6. The highest BCUT2D eigenvalue weighted by atomic mass is 35.5. The molecule has 0 aliphatic heterocycles. The summed E-state index contributed by atoms with van der Waals surface area (Å²) >= 11 is 0. The average molecular weight is 568 g/mol. The monoisotopic (exact) mass is 567 g/mol. The Balaban J connectivity index is 0.00000760. The molecule has 3 N–H and O–H groups in total. The van der Waals surface area contributed by atoms with Crippen LogP contribution >= 0.6 is 12.4 Å². The third-order valence-electron chi connectivity index (χ3n) is 5.18. The van der Waals surface area contributed by atoms with E-state index in [1.165, 1.54) is 18.2 Å². The quantitative estimate of drug-likeness (QED) is 0.215. The van der Waals surface area contributed by atoms with E-state index in [1.807, 2.05) is 0 Å². The second-order valence-corrected chi connectivity index (χ2v) is 9.08. The van der Waals surface area contributed by atoms with Crippen molar-refractivity contribution < 1.29 is 48.0 Å². The molecule has 12 heteroatoms. The standard InChI is InChI=1S/C27H33NO10.ClH/c1-15(2)35-26(32)37-20-12-11-19(13-21(20)38-27(33)36-16(3)4)22(23(28)24(29)30)17(5)14-34-25(31)18-9-7-6-8-10-18;/h6-13,15-17,22-23H,14,28H2,1-5H3,(H,29,30);1H/t17-,22?,23-;/m0./s1. The van der Waals surface area contributed by atoms with Gasteiger partial charge >= 0.3 is 24.2 Å². The van der Waals surface area contributed by atoms with Crippen LogP contribution in [0.15, 0.2) is 48.5 Å². The van der Waals surface area contributed by atoms with Gasteiger partial charge in [-0.2, -0.15) is 0 Å². The average Bonchev–Trinajstić information content (AvgIpc) is 2.83. The highest BCUT2D eigenvalue weighted by Gasteiger charge is 2.33. The molecule has 0 amide bonds. The van der Waals surface area contributed by atoms with Crippen molar-refractivity contribution in [3.63, 3.8) is 0 Å². The van der Waals surface area contributed by atoms with E-state index in [9.17, 15) is 24.3 Å². The number of benzene rings is 2. The van der Waals surface area contributed by atoms with Gasteiger partial charge in [-0.15, -0.1) is 12.4 Å². The minimum Gasteiger partial charge on any atom is -0.480 e. The molecular formula is C27H34ClNO10. The van der Waals surface area contributed by atoms with E-state index in [4.69, 9.17) is 29.4 Å². The molecule has 0 spiro atoms. The van der Waals surface area contributed by atoms with Crippen molar-refractivity contribution in [2.45, 2.75) is 58.8 Å². The highest BCUT2D eigenvalue weighted by molar-refractivity contribution is 5.89.